The number of piperidine rings is 1. The predicted octanol–water partition coefficient (Wildman–Crippen LogP) is 2.11. The molecule has 2 amide bonds. The number of carboxylic acids is 1. The summed E-state index contributed by atoms with van der Waals surface area (Å²) >= 11 is 0. The molecule has 0 spiro atoms. The number of aromatic hydroxyl groups is 1. The molecule has 0 bridgehead atoms. The van der Waals surface area contributed by atoms with Gasteiger partial charge in [-0.1, -0.05) is 0 Å². The lowest BCUT2D eigenvalue weighted by Gasteiger charge is -2.26. The highest BCUT2D eigenvalue weighted by Crippen LogP contribution is 2.25. The number of rotatable bonds is 2. The largest absolute Gasteiger partial charge is 0.506 e. The van der Waals surface area contributed by atoms with Crippen LogP contribution in [-0.4, -0.2) is 40.2 Å². The number of aromatic carboxylic acids is 1. The number of carbonyl (C=O) groups is 2. The van der Waals surface area contributed by atoms with Gasteiger partial charge in [0.25, 0.3) is 0 Å². The maximum Gasteiger partial charge on any atom is 0.335 e. The van der Waals surface area contributed by atoms with E-state index in [1.165, 1.54) is 12.1 Å². The van der Waals surface area contributed by atoms with E-state index in [1.54, 1.807) is 4.90 Å². The minimum atomic E-state index is -1.12. The summed E-state index contributed by atoms with van der Waals surface area (Å²) in [7, 11) is 0. The monoisotopic (exact) mass is 264 g/mol. The minimum Gasteiger partial charge on any atom is -0.506 e. The molecule has 0 radical (unpaired) electrons. The van der Waals surface area contributed by atoms with Crippen molar-refractivity contribution in [3.05, 3.63) is 23.8 Å². The molecule has 3 N–H and O–H groups in total. The maximum atomic E-state index is 11.9. The zero-order valence-electron chi connectivity index (χ0n) is 10.4. The molecule has 1 aromatic carbocycles. The van der Waals surface area contributed by atoms with Crippen LogP contribution < -0.4 is 5.32 Å². The molecule has 1 heterocycles. The summed E-state index contributed by atoms with van der Waals surface area (Å²) in [5.41, 5.74) is 0.203. The number of phenolic OH excluding ortho intramolecular Hbond substituents is 1. The minimum absolute atomic E-state index is 0.0199. The highest BCUT2D eigenvalue weighted by atomic mass is 16.4. The summed E-state index contributed by atoms with van der Waals surface area (Å²) in [6, 6.07) is 3.58. The van der Waals surface area contributed by atoms with Crippen molar-refractivity contribution in [2.75, 3.05) is 18.4 Å². The van der Waals surface area contributed by atoms with Gasteiger partial charge in [0.1, 0.15) is 5.75 Å². The Kier molecular flexibility index (Phi) is 3.89. The average Bonchev–Trinajstić information content (AvgIpc) is 2.41. The third kappa shape index (κ3) is 3.15. The molecule has 0 aliphatic carbocycles. The van der Waals surface area contributed by atoms with E-state index in [0.717, 1.165) is 25.3 Å². The van der Waals surface area contributed by atoms with Crippen molar-refractivity contribution in [3.8, 4) is 5.75 Å². The van der Waals surface area contributed by atoms with Gasteiger partial charge in [0.05, 0.1) is 11.3 Å². The van der Waals surface area contributed by atoms with Crippen LogP contribution in [0.2, 0.25) is 0 Å². The number of likely N-dealkylation sites (tertiary alicyclic amines) is 1. The van der Waals surface area contributed by atoms with Crippen molar-refractivity contribution in [1.29, 1.82) is 0 Å². The molecule has 1 aliphatic rings. The number of carboxylic acid groups (broad SMARTS) is 1. The van der Waals surface area contributed by atoms with Crippen LogP contribution >= 0.6 is 0 Å². The van der Waals surface area contributed by atoms with Gasteiger partial charge < -0.3 is 20.4 Å². The third-order valence-corrected chi connectivity index (χ3v) is 3.13. The number of nitrogens with one attached hydrogen (secondary N) is 1. The van der Waals surface area contributed by atoms with Crippen molar-refractivity contribution < 1.29 is 19.8 Å². The molecule has 1 fully saturated rings. The molecule has 1 aliphatic heterocycles. The molecule has 6 heteroatoms. The number of benzene rings is 1. The van der Waals surface area contributed by atoms with Crippen molar-refractivity contribution in [2.24, 2.45) is 0 Å². The van der Waals surface area contributed by atoms with Crippen LogP contribution in [0.5, 0.6) is 5.75 Å². The SMILES string of the molecule is O=C(O)c1ccc(NC(=O)N2CCCCC2)c(O)c1. The van der Waals surface area contributed by atoms with Gasteiger partial charge in [0.2, 0.25) is 0 Å². The van der Waals surface area contributed by atoms with Crippen LogP contribution in [0.15, 0.2) is 18.2 Å². The standard InChI is InChI=1S/C13H16N2O4/c16-11-8-9(12(17)18)4-5-10(11)14-13(19)15-6-2-1-3-7-15/h4-5,8,16H,1-3,6-7H2,(H,14,19)(H,17,18). The summed E-state index contributed by atoms with van der Waals surface area (Å²) in [4.78, 5) is 24.3. The molecule has 0 aromatic heterocycles. The summed E-state index contributed by atoms with van der Waals surface area (Å²) in [6.45, 7) is 1.42. The highest BCUT2D eigenvalue weighted by molar-refractivity contribution is 5.93. The van der Waals surface area contributed by atoms with Crippen molar-refractivity contribution in [1.82, 2.24) is 4.90 Å². The molecule has 102 valence electrons. The van der Waals surface area contributed by atoms with E-state index < -0.39 is 5.97 Å². The van der Waals surface area contributed by atoms with Crippen molar-refractivity contribution >= 4 is 17.7 Å². The fourth-order valence-electron chi connectivity index (χ4n) is 2.06. The summed E-state index contributed by atoms with van der Waals surface area (Å²) in [5.74, 6) is -1.37. The molecule has 1 saturated heterocycles. The molecule has 0 saturated carbocycles. The smallest absolute Gasteiger partial charge is 0.335 e. The molecule has 1 aromatic rings. The Morgan fingerprint density at radius 3 is 2.42 bits per heavy atom. The number of phenols is 1. The Labute approximate surface area is 110 Å². The first kappa shape index (κ1) is 13.2. The van der Waals surface area contributed by atoms with E-state index in [0.29, 0.717) is 13.1 Å². The molecular formula is C13H16N2O4. The first-order chi connectivity index (χ1) is 9.08. The van der Waals surface area contributed by atoms with Gasteiger partial charge in [0, 0.05) is 13.1 Å². The Balaban J connectivity index is 2.06. The molecule has 6 nitrogen and oxygen atoms in total. The van der Waals surface area contributed by atoms with Gasteiger partial charge in [-0.05, 0) is 37.5 Å². The zero-order chi connectivity index (χ0) is 13.8. The summed E-state index contributed by atoms with van der Waals surface area (Å²) in [6.07, 6.45) is 3.09. The van der Waals surface area contributed by atoms with Crippen molar-refractivity contribution in [3.63, 3.8) is 0 Å². The van der Waals surface area contributed by atoms with Gasteiger partial charge in [0.15, 0.2) is 0 Å². The van der Waals surface area contributed by atoms with E-state index >= 15 is 0 Å². The third-order valence-electron chi connectivity index (χ3n) is 3.13. The van der Waals surface area contributed by atoms with Gasteiger partial charge in [-0.15, -0.1) is 0 Å². The predicted molar refractivity (Wildman–Crippen MR) is 69.5 cm³/mol. The summed E-state index contributed by atoms with van der Waals surface area (Å²) < 4.78 is 0. The fraction of sp³-hybridized carbons (Fsp3) is 0.385. The number of hydrogen-bond donors (Lipinski definition) is 3. The fourth-order valence-corrected chi connectivity index (χ4v) is 2.06. The lowest BCUT2D eigenvalue weighted by molar-refractivity contribution is 0.0696. The van der Waals surface area contributed by atoms with Crippen LogP contribution in [0.3, 0.4) is 0 Å². The normalized spacial score (nSPS) is 15.1. The number of carbonyl (C=O) groups excluding carboxylic acids is 1. The number of urea groups is 1. The van der Waals surface area contributed by atoms with Gasteiger partial charge in [-0.2, -0.15) is 0 Å². The Morgan fingerprint density at radius 2 is 1.84 bits per heavy atom. The molecule has 2 rings (SSSR count). The van der Waals surface area contributed by atoms with E-state index in [-0.39, 0.29) is 23.0 Å². The number of nitrogens with zero attached hydrogens (tertiary/aromatic N) is 1. The quantitative estimate of drug-likeness (QED) is 0.713. The second-order valence-electron chi connectivity index (χ2n) is 4.51. The Bertz CT molecular complexity index is 495. The molecular weight excluding hydrogens is 248 g/mol. The first-order valence-electron chi connectivity index (χ1n) is 6.20. The lowest BCUT2D eigenvalue weighted by atomic mass is 10.1. The van der Waals surface area contributed by atoms with Crippen LogP contribution in [0.25, 0.3) is 0 Å². The lowest BCUT2D eigenvalue weighted by Crippen LogP contribution is -2.38. The van der Waals surface area contributed by atoms with Gasteiger partial charge in [-0.3, -0.25) is 0 Å². The highest BCUT2D eigenvalue weighted by Gasteiger charge is 2.17. The number of hydrogen-bond acceptors (Lipinski definition) is 3. The van der Waals surface area contributed by atoms with Gasteiger partial charge in [-0.25, -0.2) is 9.59 Å². The van der Waals surface area contributed by atoms with Crippen molar-refractivity contribution in [2.45, 2.75) is 19.3 Å². The van der Waals surface area contributed by atoms with Crippen LogP contribution in [-0.2, 0) is 0 Å². The second-order valence-corrected chi connectivity index (χ2v) is 4.51. The zero-order valence-corrected chi connectivity index (χ0v) is 10.4. The van der Waals surface area contributed by atoms with Crippen LogP contribution in [0.1, 0.15) is 29.6 Å². The maximum absolute atomic E-state index is 11.9. The van der Waals surface area contributed by atoms with E-state index in [1.807, 2.05) is 0 Å². The Hall–Kier alpha value is -2.24. The Morgan fingerprint density at radius 1 is 1.16 bits per heavy atom. The topological polar surface area (TPSA) is 89.9 Å². The number of amides is 2. The summed E-state index contributed by atoms with van der Waals surface area (Å²) in [5, 5.41) is 21.1. The molecule has 0 unspecified atom stereocenters. The van der Waals surface area contributed by atoms with E-state index in [9.17, 15) is 14.7 Å². The van der Waals surface area contributed by atoms with E-state index in [2.05, 4.69) is 5.32 Å². The van der Waals surface area contributed by atoms with Gasteiger partial charge >= 0.3 is 12.0 Å². The average molecular weight is 264 g/mol. The second kappa shape index (κ2) is 5.60. The van der Waals surface area contributed by atoms with Crippen LogP contribution in [0.4, 0.5) is 10.5 Å². The van der Waals surface area contributed by atoms with E-state index in [4.69, 9.17) is 5.11 Å². The first-order valence-corrected chi connectivity index (χ1v) is 6.20. The van der Waals surface area contributed by atoms with Crippen LogP contribution in [0, 0.1) is 0 Å². The molecule has 19 heavy (non-hydrogen) atoms. The molecule has 0 atom stereocenters. The number of anilines is 1.